The van der Waals surface area contributed by atoms with Crippen LogP contribution in [0, 0.1) is 12.8 Å². The maximum Gasteiger partial charge on any atom is 0.156 e. The fraction of sp³-hybridized carbons (Fsp3) is 0.412. The van der Waals surface area contributed by atoms with Gasteiger partial charge in [-0.1, -0.05) is 36.4 Å². The van der Waals surface area contributed by atoms with E-state index >= 15 is 0 Å². The molecular weight excluding hydrogens is 292 g/mol. The van der Waals surface area contributed by atoms with Crippen molar-refractivity contribution in [3.63, 3.8) is 0 Å². The molecule has 22 heavy (non-hydrogen) atoms. The van der Waals surface area contributed by atoms with Crippen LogP contribution in [0.15, 0.2) is 40.5 Å². The minimum Gasteiger partial charge on any atom is -0.394 e. The number of aryl methyl sites for hydroxylation is 1. The Hall–Kier alpha value is -1.75. The molecule has 0 amide bonds. The van der Waals surface area contributed by atoms with E-state index in [0.717, 1.165) is 34.7 Å². The molecule has 0 atom stereocenters. The number of nitrogens with zero attached hydrogens (tertiary/aromatic N) is 3. The van der Waals surface area contributed by atoms with E-state index in [1.54, 1.807) is 18.1 Å². The molecule has 1 aliphatic rings. The first-order chi connectivity index (χ1) is 10.6. The second-order valence-electron chi connectivity index (χ2n) is 6.00. The van der Waals surface area contributed by atoms with Gasteiger partial charge < -0.3 is 10.6 Å². The number of anilines is 2. The summed E-state index contributed by atoms with van der Waals surface area (Å²) in [6.07, 6.45) is 4.02. The van der Waals surface area contributed by atoms with Gasteiger partial charge in [0.2, 0.25) is 0 Å². The summed E-state index contributed by atoms with van der Waals surface area (Å²) in [5.41, 5.74) is 8.29. The molecular formula is C17H22N4S. The molecule has 1 aliphatic heterocycles. The minimum absolute atomic E-state index is 0.697. The van der Waals surface area contributed by atoms with Gasteiger partial charge in [0.25, 0.3) is 0 Å². The average Bonchev–Trinajstić information content (AvgIpc) is 2.53. The van der Waals surface area contributed by atoms with E-state index in [2.05, 4.69) is 53.0 Å². The third-order valence-electron chi connectivity index (χ3n) is 4.14. The van der Waals surface area contributed by atoms with Gasteiger partial charge in [0.15, 0.2) is 5.82 Å². The number of piperidine rings is 1. The Morgan fingerprint density at radius 3 is 2.50 bits per heavy atom. The first-order valence-electron chi connectivity index (χ1n) is 7.73. The van der Waals surface area contributed by atoms with Crippen LogP contribution in [0.2, 0.25) is 0 Å². The summed E-state index contributed by atoms with van der Waals surface area (Å²) >= 11 is 1.60. The highest BCUT2D eigenvalue weighted by atomic mass is 32.2. The molecule has 5 heteroatoms. The molecule has 0 radical (unpaired) electrons. The number of aromatic nitrogens is 2. The van der Waals surface area contributed by atoms with E-state index in [1.165, 1.54) is 18.4 Å². The number of hydrogen-bond donors (Lipinski definition) is 1. The van der Waals surface area contributed by atoms with Gasteiger partial charge in [-0.25, -0.2) is 9.97 Å². The molecule has 4 nitrogen and oxygen atoms in total. The van der Waals surface area contributed by atoms with Crippen LogP contribution in [0.25, 0.3) is 0 Å². The largest absolute Gasteiger partial charge is 0.394 e. The second-order valence-corrected chi connectivity index (χ2v) is 7.06. The standard InChI is InChI=1S/C17H22N4S/c1-12-3-5-14(6-4-12)22-17-15(18)16(19-11-20-17)21-9-7-13(2)8-10-21/h3-6,11,13H,7-10,18H2,1-2H3. The zero-order valence-corrected chi connectivity index (χ0v) is 13.9. The maximum absolute atomic E-state index is 6.34. The molecule has 1 aromatic heterocycles. The topological polar surface area (TPSA) is 55.0 Å². The van der Waals surface area contributed by atoms with Gasteiger partial charge in [-0.15, -0.1) is 0 Å². The van der Waals surface area contributed by atoms with Crippen LogP contribution in [-0.4, -0.2) is 23.1 Å². The molecule has 1 saturated heterocycles. The van der Waals surface area contributed by atoms with Crippen molar-refractivity contribution in [3.8, 4) is 0 Å². The van der Waals surface area contributed by atoms with Crippen molar-refractivity contribution < 1.29 is 0 Å². The molecule has 1 aromatic carbocycles. The van der Waals surface area contributed by atoms with Crippen LogP contribution in [0.3, 0.4) is 0 Å². The summed E-state index contributed by atoms with van der Waals surface area (Å²) in [4.78, 5) is 12.2. The van der Waals surface area contributed by atoms with Crippen LogP contribution < -0.4 is 10.6 Å². The van der Waals surface area contributed by atoms with Gasteiger partial charge in [-0.05, 0) is 37.8 Å². The van der Waals surface area contributed by atoms with Crippen molar-refractivity contribution >= 4 is 23.3 Å². The Bertz CT molecular complexity index is 634. The van der Waals surface area contributed by atoms with E-state index in [1.807, 2.05) is 0 Å². The van der Waals surface area contributed by atoms with Gasteiger partial charge in [-0.2, -0.15) is 0 Å². The molecule has 1 fully saturated rings. The van der Waals surface area contributed by atoms with E-state index in [0.29, 0.717) is 5.69 Å². The highest BCUT2D eigenvalue weighted by molar-refractivity contribution is 7.99. The molecule has 2 aromatic rings. The number of nitrogens with two attached hydrogens (primary N) is 1. The van der Waals surface area contributed by atoms with Gasteiger partial charge in [0.1, 0.15) is 17.0 Å². The molecule has 0 unspecified atom stereocenters. The molecule has 2 heterocycles. The summed E-state index contributed by atoms with van der Waals surface area (Å²) in [6.45, 7) is 6.44. The second kappa shape index (κ2) is 6.57. The van der Waals surface area contributed by atoms with E-state index in [9.17, 15) is 0 Å². The first-order valence-corrected chi connectivity index (χ1v) is 8.55. The fourth-order valence-corrected chi connectivity index (χ4v) is 3.44. The quantitative estimate of drug-likeness (QED) is 0.874. The average molecular weight is 314 g/mol. The number of hydrogen-bond acceptors (Lipinski definition) is 5. The normalized spacial score (nSPS) is 16.0. The number of rotatable bonds is 3. The molecule has 116 valence electrons. The molecule has 0 spiro atoms. The molecule has 0 saturated carbocycles. The Kier molecular flexibility index (Phi) is 4.52. The van der Waals surface area contributed by atoms with Gasteiger partial charge in [0, 0.05) is 18.0 Å². The van der Waals surface area contributed by atoms with Crippen molar-refractivity contribution in [1.82, 2.24) is 9.97 Å². The summed E-state index contributed by atoms with van der Waals surface area (Å²) in [7, 11) is 0. The summed E-state index contributed by atoms with van der Waals surface area (Å²) in [5, 5.41) is 0.840. The predicted octanol–water partition coefficient (Wildman–Crippen LogP) is 3.75. The predicted molar refractivity (Wildman–Crippen MR) is 92.4 cm³/mol. The third-order valence-corrected chi connectivity index (χ3v) is 5.17. The summed E-state index contributed by atoms with van der Waals surface area (Å²) in [6, 6.07) is 8.41. The monoisotopic (exact) mass is 314 g/mol. The summed E-state index contributed by atoms with van der Waals surface area (Å²) in [5.74, 6) is 1.68. The zero-order chi connectivity index (χ0) is 15.5. The molecule has 0 aliphatic carbocycles. The Morgan fingerprint density at radius 1 is 1.14 bits per heavy atom. The van der Waals surface area contributed by atoms with Gasteiger partial charge in [0.05, 0.1) is 0 Å². The highest BCUT2D eigenvalue weighted by Gasteiger charge is 2.20. The van der Waals surface area contributed by atoms with Crippen LogP contribution in [0.4, 0.5) is 11.5 Å². The van der Waals surface area contributed by atoms with Gasteiger partial charge in [-0.3, -0.25) is 0 Å². The van der Waals surface area contributed by atoms with E-state index in [4.69, 9.17) is 5.73 Å². The van der Waals surface area contributed by atoms with Crippen LogP contribution in [0.5, 0.6) is 0 Å². The van der Waals surface area contributed by atoms with Gasteiger partial charge >= 0.3 is 0 Å². The van der Waals surface area contributed by atoms with Crippen molar-refractivity contribution in [3.05, 3.63) is 36.2 Å². The van der Waals surface area contributed by atoms with Crippen molar-refractivity contribution in [2.75, 3.05) is 23.7 Å². The number of benzene rings is 1. The molecule has 0 bridgehead atoms. The van der Waals surface area contributed by atoms with Crippen molar-refractivity contribution in [1.29, 1.82) is 0 Å². The first kappa shape index (κ1) is 15.2. The van der Waals surface area contributed by atoms with E-state index in [-0.39, 0.29) is 0 Å². The lowest BCUT2D eigenvalue weighted by Gasteiger charge is -2.32. The zero-order valence-electron chi connectivity index (χ0n) is 13.1. The van der Waals surface area contributed by atoms with Crippen LogP contribution >= 0.6 is 11.8 Å². The SMILES string of the molecule is Cc1ccc(Sc2ncnc(N3CCC(C)CC3)c2N)cc1. The highest BCUT2D eigenvalue weighted by Crippen LogP contribution is 2.35. The van der Waals surface area contributed by atoms with Crippen molar-refractivity contribution in [2.45, 2.75) is 36.6 Å². The molecule has 2 N–H and O–H groups in total. The van der Waals surface area contributed by atoms with Crippen LogP contribution in [0.1, 0.15) is 25.3 Å². The van der Waals surface area contributed by atoms with Crippen molar-refractivity contribution in [2.24, 2.45) is 5.92 Å². The Morgan fingerprint density at radius 2 is 1.82 bits per heavy atom. The smallest absolute Gasteiger partial charge is 0.156 e. The summed E-state index contributed by atoms with van der Waals surface area (Å²) < 4.78 is 0. The number of nitrogen functional groups attached to an aromatic ring is 1. The van der Waals surface area contributed by atoms with E-state index < -0.39 is 0 Å². The Balaban J connectivity index is 1.81. The lowest BCUT2D eigenvalue weighted by molar-refractivity contribution is 0.436. The third kappa shape index (κ3) is 3.35. The lowest BCUT2D eigenvalue weighted by Crippen LogP contribution is -2.34. The minimum atomic E-state index is 0.697. The molecule has 3 rings (SSSR count). The Labute approximate surface area is 136 Å². The maximum atomic E-state index is 6.34. The van der Waals surface area contributed by atoms with Crippen LogP contribution in [-0.2, 0) is 0 Å². The fourth-order valence-electron chi connectivity index (χ4n) is 2.64. The lowest BCUT2D eigenvalue weighted by atomic mass is 9.99.